The first kappa shape index (κ1) is 20.0. The van der Waals surface area contributed by atoms with Crippen LogP contribution in [-0.4, -0.2) is 31.9 Å². The van der Waals surface area contributed by atoms with Crippen LogP contribution < -0.4 is 10.6 Å². The van der Waals surface area contributed by atoms with E-state index in [1.807, 2.05) is 49.4 Å². The summed E-state index contributed by atoms with van der Waals surface area (Å²) in [5.74, 6) is 0.550. The van der Waals surface area contributed by atoms with Gasteiger partial charge in [-0.05, 0) is 38.5 Å². The van der Waals surface area contributed by atoms with Gasteiger partial charge in [-0.25, -0.2) is 13.4 Å². The molecule has 0 saturated carbocycles. The number of nitrogens with one attached hydrogen (secondary N) is 2. The van der Waals surface area contributed by atoms with Crippen molar-refractivity contribution in [2.24, 2.45) is 4.99 Å². The third-order valence-electron chi connectivity index (χ3n) is 4.26. The quantitative estimate of drug-likeness (QED) is 0.602. The molecule has 0 aliphatic heterocycles. The zero-order valence-corrected chi connectivity index (χ0v) is 16.6. The Morgan fingerprint density at radius 3 is 2.23 bits per heavy atom. The molecule has 0 amide bonds. The molecule has 0 bridgehead atoms. The lowest BCUT2D eigenvalue weighted by atomic mass is 10.1. The lowest BCUT2D eigenvalue weighted by Crippen LogP contribution is -2.45. The molecule has 0 spiro atoms. The minimum Gasteiger partial charge on any atom is -0.355 e. The number of aliphatic imine (C=N–C) groups is 1. The summed E-state index contributed by atoms with van der Waals surface area (Å²) in [4.78, 5) is 4.60. The lowest BCUT2D eigenvalue weighted by Gasteiger charge is -2.24. The summed E-state index contributed by atoms with van der Waals surface area (Å²) in [6.45, 7) is 6.22. The van der Waals surface area contributed by atoms with Crippen molar-refractivity contribution in [3.8, 4) is 0 Å². The van der Waals surface area contributed by atoms with E-state index in [1.165, 1.54) is 11.8 Å². The van der Waals surface area contributed by atoms with Crippen LogP contribution in [0.15, 0.2) is 59.6 Å². The number of guanidine groups is 1. The molecule has 2 N–H and O–H groups in total. The van der Waals surface area contributed by atoms with E-state index in [4.69, 9.17) is 0 Å². The molecular formula is C20H27N3O2S. The lowest BCUT2D eigenvalue weighted by molar-refractivity contribution is 0.546. The molecular weight excluding hydrogens is 346 g/mol. The Morgan fingerprint density at radius 1 is 1.04 bits per heavy atom. The molecule has 0 radical (unpaired) electrons. The molecule has 0 fully saturated rings. The molecule has 140 valence electrons. The van der Waals surface area contributed by atoms with Gasteiger partial charge in [-0.15, -0.1) is 0 Å². The van der Waals surface area contributed by atoms with Crippen LogP contribution in [0.4, 0.5) is 5.69 Å². The highest BCUT2D eigenvalue weighted by atomic mass is 32.2. The molecule has 2 aromatic rings. The Morgan fingerprint density at radius 2 is 1.65 bits per heavy atom. The van der Waals surface area contributed by atoms with Crippen molar-refractivity contribution in [1.29, 1.82) is 0 Å². The van der Waals surface area contributed by atoms with Crippen LogP contribution in [-0.2, 0) is 16.4 Å². The van der Waals surface area contributed by atoms with Crippen LogP contribution in [0.2, 0.25) is 0 Å². The summed E-state index contributed by atoms with van der Waals surface area (Å²) in [6, 6.07) is 17.9. The second kappa shape index (κ2) is 8.36. The third kappa shape index (κ3) is 5.88. The van der Waals surface area contributed by atoms with Crippen LogP contribution in [0.3, 0.4) is 0 Å². The Balaban J connectivity index is 2.15. The van der Waals surface area contributed by atoms with Crippen molar-refractivity contribution < 1.29 is 8.42 Å². The van der Waals surface area contributed by atoms with Gasteiger partial charge in [0.1, 0.15) is 0 Å². The first-order chi connectivity index (χ1) is 12.2. The highest BCUT2D eigenvalue weighted by Crippen LogP contribution is 2.14. The second-order valence-corrected chi connectivity index (χ2v) is 9.68. The fourth-order valence-electron chi connectivity index (χ4n) is 2.09. The van der Waals surface area contributed by atoms with E-state index in [0.717, 1.165) is 11.3 Å². The van der Waals surface area contributed by atoms with E-state index in [-0.39, 0.29) is 6.54 Å². The Kier molecular flexibility index (Phi) is 6.42. The molecule has 6 heteroatoms. The number of benzene rings is 2. The zero-order chi connectivity index (χ0) is 19.2. The molecule has 0 heterocycles. The zero-order valence-electron chi connectivity index (χ0n) is 15.8. The molecule has 2 aromatic carbocycles. The number of rotatable bonds is 6. The van der Waals surface area contributed by atoms with Gasteiger partial charge in [-0.3, -0.25) is 0 Å². The van der Waals surface area contributed by atoms with Crippen molar-refractivity contribution in [2.75, 3.05) is 18.1 Å². The van der Waals surface area contributed by atoms with Crippen LogP contribution >= 0.6 is 0 Å². The van der Waals surface area contributed by atoms with E-state index in [9.17, 15) is 8.42 Å². The van der Waals surface area contributed by atoms with Crippen LogP contribution in [0.1, 0.15) is 25.0 Å². The molecule has 0 atom stereocenters. The SMILES string of the molecule is Cc1ccc(CN=C(NCC(C)(C)S(C)(=O)=O)Nc2ccccc2)cc1. The maximum absolute atomic E-state index is 11.9. The van der Waals surface area contributed by atoms with Crippen LogP contribution in [0.5, 0.6) is 0 Å². The topological polar surface area (TPSA) is 70.6 Å². The van der Waals surface area contributed by atoms with Gasteiger partial charge in [-0.1, -0.05) is 48.0 Å². The maximum atomic E-state index is 11.9. The van der Waals surface area contributed by atoms with Crippen molar-refractivity contribution in [3.05, 3.63) is 65.7 Å². The van der Waals surface area contributed by atoms with E-state index in [2.05, 4.69) is 27.8 Å². The first-order valence-corrected chi connectivity index (χ1v) is 10.4. The number of aryl methyl sites for hydroxylation is 1. The minimum absolute atomic E-state index is 0.262. The summed E-state index contributed by atoms with van der Waals surface area (Å²) in [5, 5.41) is 6.39. The van der Waals surface area contributed by atoms with E-state index >= 15 is 0 Å². The van der Waals surface area contributed by atoms with E-state index in [1.54, 1.807) is 13.8 Å². The number of sulfone groups is 1. The maximum Gasteiger partial charge on any atom is 0.196 e. The molecule has 0 aliphatic rings. The van der Waals surface area contributed by atoms with Crippen LogP contribution in [0, 0.1) is 6.92 Å². The number of hydrogen-bond donors (Lipinski definition) is 2. The van der Waals surface area contributed by atoms with Crippen molar-refractivity contribution in [2.45, 2.75) is 32.1 Å². The van der Waals surface area contributed by atoms with Crippen molar-refractivity contribution in [3.63, 3.8) is 0 Å². The largest absolute Gasteiger partial charge is 0.355 e. The molecule has 0 aliphatic carbocycles. The molecule has 0 saturated heterocycles. The van der Waals surface area contributed by atoms with E-state index < -0.39 is 14.6 Å². The summed E-state index contributed by atoms with van der Waals surface area (Å²) in [7, 11) is -3.19. The monoisotopic (exact) mass is 373 g/mol. The van der Waals surface area contributed by atoms with Gasteiger partial charge in [-0.2, -0.15) is 0 Å². The molecule has 0 unspecified atom stereocenters. The number of para-hydroxylation sites is 1. The molecule has 26 heavy (non-hydrogen) atoms. The van der Waals surface area contributed by atoms with Gasteiger partial charge in [0, 0.05) is 18.5 Å². The first-order valence-electron chi connectivity index (χ1n) is 8.53. The summed E-state index contributed by atoms with van der Waals surface area (Å²) >= 11 is 0. The fourth-order valence-corrected chi connectivity index (χ4v) is 2.42. The average Bonchev–Trinajstić information content (AvgIpc) is 2.58. The smallest absolute Gasteiger partial charge is 0.196 e. The van der Waals surface area contributed by atoms with Gasteiger partial charge < -0.3 is 10.6 Å². The van der Waals surface area contributed by atoms with E-state index in [0.29, 0.717) is 12.5 Å². The Bertz CT molecular complexity index is 842. The standard InChI is InChI=1S/C20H27N3O2S/c1-16-10-12-17(13-11-16)14-21-19(23-18-8-6-5-7-9-18)22-15-20(2,3)26(4,24)25/h5-13H,14-15H2,1-4H3,(H2,21,22,23). The van der Waals surface area contributed by atoms with Gasteiger partial charge in [0.15, 0.2) is 15.8 Å². The molecule has 0 aromatic heterocycles. The normalized spacial score (nSPS) is 12.7. The Hall–Kier alpha value is -2.34. The number of hydrogen-bond acceptors (Lipinski definition) is 3. The van der Waals surface area contributed by atoms with Crippen LogP contribution in [0.25, 0.3) is 0 Å². The highest BCUT2D eigenvalue weighted by Gasteiger charge is 2.30. The fraction of sp³-hybridized carbons (Fsp3) is 0.350. The minimum atomic E-state index is -3.19. The predicted molar refractivity (Wildman–Crippen MR) is 109 cm³/mol. The second-order valence-electron chi connectivity index (χ2n) is 7.03. The summed E-state index contributed by atoms with van der Waals surface area (Å²) in [6.07, 6.45) is 1.25. The molecule has 2 rings (SSSR count). The molecule has 5 nitrogen and oxygen atoms in total. The van der Waals surface area contributed by atoms with Gasteiger partial charge in [0.25, 0.3) is 0 Å². The number of nitrogens with zero attached hydrogens (tertiary/aromatic N) is 1. The van der Waals surface area contributed by atoms with Gasteiger partial charge in [0.05, 0.1) is 11.3 Å². The number of anilines is 1. The van der Waals surface area contributed by atoms with Gasteiger partial charge in [0.2, 0.25) is 0 Å². The van der Waals surface area contributed by atoms with Gasteiger partial charge >= 0.3 is 0 Å². The Labute approximate surface area is 156 Å². The summed E-state index contributed by atoms with van der Waals surface area (Å²) < 4.78 is 23.0. The third-order valence-corrected chi connectivity index (χ3v) is 6.41. The highest BCUT2D eigenvalue weighted by molar-refractivity contribution is 7.92. The van der Waals surface area contributed by atoms with Crippen molar-refractivity contribution in [1.82, 2.24) is 5.32 Å². The predicted octanol–water partition coefficient (Wildman–Crippen LogP) is 3.38. The average molecular weight is 374 g/mol. The summed E-state index contributed by atoms with van der Waals surface area (Å²) in [5.41, 5.74) is 3.18. The van der Waals surface area contributed by atoms with Crippen molar-refractivity contribution >= 4 is 21.5 Å².